The van der Waals surface area contributed by atoms with E-state index in [1.165, 1.54) is 39.8 Å². The average Bonchev–Trinajstić information content (AvgIpc) is 3.28. The summed E-state index contributed by atoms with van der Waals surface area (Å²) in [4.78, 5) is 111. The van der Waals surface area contributed by atoms with Crippen LogP contribution in [0.4, 0.5) is 0 Å². The Balaban J connectivity index is 1.81. The first-order chi connectivity index (χ1) is 30.7. The standard InChI is InChI=1S/C48H68N4O13/c1-29(2)25-36(49-8)46(59)64-39(27-34-19-13-11-14-20-34)42(54)50(9)31(5)45(58)62-32(6)41(53)51(10)38(26-30(3)4)48(61)65-40(28-35-21-15-12-16-22-35)43(55)52-24-18-17-23-37(52)47(60)63-33(7)44(56)57/h11-16,19-22,29-33,36-40,49H,17-18,23-28H2,1-10H3,(H,56,57)/t31-,32+,33+,36-,37-,38-,39+,40+/m0/s1. The van der Waals surface area contributed by atoms with Crippen LogP contribution in [0.1, 0.15) is 91.7 Å². The molecule has 0 bridgehead atoms. The Labute approximate surface area is 382 Å². The number of carboxylic acids is 1. The van der Waals surface area contributed by atoms with Crippen molar-refractivity contribution in [3.05, 3.63) is 71.8 Å². The number of carbonyl (C=O) groups excluding carboxylic acids is 7. The summed E-state index contributed by atoms with van der Waals surface area (Å²) in [5, 5.41) is 12.3. The van der Waals surface area contributed by atoms with E-state index in [1.807, 2.05) is 33.8 Å². The number of esters is 4. The van der Waals surface area contributed by atoms with Crippen molar-refractivity contribution >= 4 is 47.6 Å². The van der Waals surface area contributed by atoms with Crippen LogP contribution in [-0.2, 0) is 70.1 Å². The summed E-state index contributed by atoms with van der Waals surface area (Å²) in [5.41, 5.74) is 1.37. The molecule has 2 aromatic rings. The second kappa shape index (κ2) is 25.6. The highest BCUT2D eigenvalue weighted by atomic mass is 16.6. The fourth-order valence-electron chi connectivity index (χ4n) is 7.39. The van der Waals surface area contributed by atoms with E-state index in [4.69, 9.17) is 18.9 Å². The van der Waals surface area contributed by atoms with Gasteiger partial charge in [-0.25, -0.2) is 19.2 Å². The third-order valence-corrected chi connectivity index (χ3v) is 11.3. The number of benzene rings is 2. The predicted octanol–water partition coefficient (Wildman–Crippen LogP) is 3.98. The maximum atomic E-state index is 14.3. The van der Waals surface area contributed by atoms with Crippen molar-refractivity contribution in [3.63, 3.8) is 0 Å². The predicted molar refractivity (Wildman–Crippen MR) is 239 cm³/mol. The van der Waals surface area contributed by atoms with Gasteiger partial charge in [0.15, 0.2) is 24.4 Å². The Morgan fingerprint density at radius 3 is 1.72 bits per heavy atom. The monoisotopic (exact) mass is 908 g/mol. The van der Waals surface area contributed by atoms with E-state index in [0.717, 1.165) is 15.4 Å². The van der Waals surface area contributed by atoms with Gasteiger partial charge in [0, 0.05) is 33.5 Å². The minimum Gasteiger partial charge on any atom is -0.479 e. The number of piperidine rings is 1. The molecule has 17 nitrogen and oxygen atoms in total. The van der Waals surface area contributed by atoms with Crippen molar-refractivity contribution in [1.29, 1.82) is 0 Å². The molecule has 0 saturated carbocycles. The number of nitrogens with one attached hydrogen (secondary N) is 1. The van der Waals surface area contributed by atoms with Gasteiger partial charge in [-0.2, -0.15) is 0 Å². The van der Waals surface area contributed by atoms with E-state index in [-0.39, 0.29) is 44.1 Å². The van der Waals surface area contributed by atoms with Gasteiger partial charge in [-0.1, -0.05) is 88.4 Å². The Bertz CT molecular complexity index is 1930. The van der Waals surface area contributed by atoms with Gasteiger partial charge in [-0.3, -0.25) is 19.2 Å². The molecule has 3 amide bonds. The molecule has 1 saturated heterocycles. The topological polar surface area (TPSA) is 215 Å². The van der Waals surface area contributed by atoms with Crippen LogP contribution in [0.15, 0.2) is 60.7 Å². The normalized spacial score (nSPS) is 17.0. The zero-order chi connectivity index (χ0) is 48.5. The van der Waals surface area contributed by atoms with Crippen LogP contribution in [0.3, 0.4) is 0 Å². The minimum atomic E-state index is -1.45. The van der Waals surface area contributed by atoms with Crippen LogP contribution in [0.5, 0.6) is 0 Å². The van der Waals surface area contributed by atoms with Crippen molar-refractivity contribution in [2.75, 3.05) is 27.7 Å². The van der Waals surface area contributed by atoms with Gasteiger partial charge < -0.3 is 44.1 Å². The van der Waals surface area contributed by atoms with Crippen molar-refractivity contribution in [2.24, 2.45) is 11.8 Å². The molecule has 1 aliphatic rings. The van der Waals surface area contributed by atoms with Crippen LogP contribution < -0.4 is 5.32 Å². The van der Waals surface area contributed by atoms with Gasteiger partial charge in [0.25, 0.3) is 17.7 Å². The molecule has 358 valence electrons. The van der Waals surface area contributed by atoms with Crippen LogP contribution in [-0.4, -0.2) is 144 Å². The highest BCUT2D eigenvalue weighted by Gasteiger charge is 2.42. The molecule has 3 rings (SSSR count). The summed E-state index contributed by atoms with van der Waals surface area (Å²) >= 11 is 0. The molecule has 8 atom stereocenters. The van der Waals surface area contributed by atoms with Crippen LogP contribution in [0.2, 0.25) is 0 Å². The van der Waals surface area contributed by atoms with E-state index < -0.39 is 96.2 Å². The fraction of sp³-hybridized carbons (Fsp3) is 0.583. The number of hydrogen-bond acceptors (Lipinski definition) is 13. The van der Waals surface area contributed by atoms with Crippen LogP contribution in [0, 0.1) is 11.8 Å². The van der Waals surface area contributed by atoms with Crippen molar-refractivity contribution in [1.82, 2.24) is 20.0 Å². The van der Waals surface area contributed by atoms with Crippen molar-refractivity contribution in [2.45, 2.75) is 142 Å². The number of amides is 3. The molecular weight excluding hydrogens is 841 g/mol. The van der Waals surface area contributed by atoms with Gasteiger partial charge in [-0.05, 0) is 82.9 Å². The van der Waals surface area contributed by atoms with Gasteiger partial charge in [0.05, 0.1) is 0 Å². The SMILES string of the molecule is CN[C@@H](CC(C)C)C(=O)O[C@H](Cc1ccccc1)C(=O)N(C)[C@@H](C)C(=O)O[C@H](C)C(=O)N(C)[C@@H](CC(C)C)C(=O)O[C@H](Cc1ccccc1)C(=O)N1CCCC[C@H]1C(=O)O[C@H](C)C(=O)O. The van der Waals surface area contributed by atoms with Gasteiger partial charge in [0.1, 0.15) is 24.2 Å². The van der Waals surface area contributed by atoms with E-state index >= 15 is 0 Å². The van der Waals surface area contributed by atoms with Crippen molar-refractivity contribution < 1.29 is 62.4 Å². The lowest BCUT2D eigenvalue weighted by atomic mass is 9.99. The molecular formula is C48H68N4O13. The third kappa shape index (κ3) is 16.0. The number of carbonyl (C=O) groups is 8. The van der Waals surface area contributed by atoms with E-state index in [2.05, 4.69) is 5.32 Å². The zero-order valence-electron chi connectivity index (χ0n) is 39.4. The molecule has 0 aromatic heterocycles. The summed E-state index contributed by atoms with van der Waals surface area (Å²) in [6, 6.07) is 13.5. The Kier molecular flexibility index (Phi) is 21.1. The molecule has 0 unspecified atom stereocenters. The molecule has 1 fully saturated rings. The van der Waals surface area contributed by atoms with Gasteiger partial charge in [-0.15, -0.1) is 0 Å². The number of ether oxygens (including phenoxy) is 4. The summed E-state index contributed by atoms with van der Waals surface area (Å²) in [5.74, 6) is -6.80. The lowest BCUT2D eigenvalue weighted by molar-refractivity contribution is -0.175. The maximum Gasteiger partial charge on any atom is 0.344 e. The highest BCUT2D eigenvalue weighted by Crippen LogP contribution is 2.24. The summed E-state index contributed by atoms with van der Waals surface area (Å²) in [7, 11) is 4.36. The summed E-state index contributed by atoms with van der Waals surface area (Å²) < 4.78 is 22.5. The Morgan fingerprint density at radius 2 is 1.20 bits per heavy atom. The minimum absolute atomic E-state index is 0.0394. The second-order valence-electron chi connectivity index (χ2n) is 17.5. The number of carboxylic acid groups (broad SMARTS) is 1. The molecule has 17 heteroatoms. The first kappa shape index (κ1) is 53.5. The summed E-state index contributed by atoms with van der Waals surface area (Å²) in [6.07, 6.45) is -3.75. The lowest BCUT2D eigenvalue weighted by Crippen LogP contribution is -2.55. The quantitative estimate of drug-likeness (QED) is 0.119. The zero-order valence-corrected chi connectivity index (χ0v) is 39.4. The van der Waals surface area contributed by atoms with Crippen LogP contribution in [0.25, 0.3) is 0 Å². The van der Waals surface area contributed by atoms with Crippen LogP contribution >= 0.6 is 0 Å². The van der Waals surface area contributed by atoms with E-state index in [0.29, 0.717) is 24.8 Å². The highest BCUT2D eigenvalue weighted by molar-refractivity contribution is 5.93. The first-order valence-electron chi connectivity index (χ1n) is 22.3. The smallest absolute Gasteiger partial charge is 0.344 e. The summed E-state index contributed by atoms with van der Waals surface area (Å²) in [6.45, 7) is 11.7. The fourth-order valence-corrected chi connectivity index (χ4v) is 7.39. The van der Waals surface area contributed by atoms with Gasteiger partial charge in [0.2, 0.25) is 0 Å². The number of nitrogens with zero attached hydrogens (tertiary/aromatic N) is 3. The number of likely N-dealkylation sites (tertiary alicyclic amines) is 1. The third-order valence-electron chi connectivity index (χ3n) is 11.3. The molecule has 0 spiro atoms. The molecule has 1 aliphatic heterocycles. The first-order valence-corrected chi connectivity index (χ1v) is 22.3. The molecule has 65 heavy (non-hydrogen) atoms. The maximum absolute atomic E-state index is 14.3. The number of aliphatic carboxylic acids is 1. The largest absolute Gasteiger partial charge is 0.479 e. The number of rotatable bonds is 23. The van der Waals surface area contributed by atoms with E-state index in [1.54, 1.807) is 61.6 Å². The molecule has 1 heterocycles. The number of hydrogen-bond donors (Lipinski definition) is 2. The van der Waals surface area contributed by atoms with E-state index in [9.17, 15) is 43.5 Å². The number of likely N-dealkylation sites (N-methyl/N-ethyl adjacent to an activating group) is 3. The van der Waals surface area contributed by atoms with Gasteiger partial charge >= 0.3 is 29.8 Å². The molecule has 2 N–H and O–H groups in total. The lowest BCUT2D eigenvalue weighted by Gasteiger charge is -2.37. The Hall–Kier alpha value is -5.84. The average molecular weight is 909 g/mol. The molecule has 2 aromatic carbocycles. The molecule has 0 radical (unpaired) electrons. The molecule has 0 aliphatic carbocycles. The Morgan fingerprint density at radius 1 is 0.662 bits per heavy atom. The second-order valence-corrected chi connectivity index (χ2v) is 17.5. The van der Waals surface area contributed by atoms with Crippen molar-refractivity contribution in [3.8, 4) is 0 Å².